The minimum Gasteiger partial charge on any atom is -0.481 e. The van der Waals surface area contributed by atoms with E-state index in [9.17, 15) is 9.59 Å². The second-order valence-corrected chi connectivity index (χ2v) is 3.22. The van der Waals surface area contributed by atoms with Gasteiger partial charge in [0.25, 0.3) is 0 Å². The third-order valence-corrected chi connectivity index (χ3v) is 1.91. The SMILES string of the molecule is Cc1ccncc1NC(=O)NCCC(=O)O. The quantitative estimate of drug-likeness (QED) is 0.709. The van der Waals surface area contributed by atoms with E-state index in [-0.39, 0.29) is 13.0 Å². The number of anilines is 1. The number of rotatable bonds is 4. The minimum absolute atomic E-state index is 0.0977. The number of carbonyl (C=O) groups excluding carboxylic acids is 1. The van der Waals surface area contributed by atoms with Crippen LogP contribution in [0.15, 0.2) is 18.5 Å². The molecule has 0 fully saturated rings. The zero-order chi connectivity index (χ0) is 12.0. The monoisotopic (exact) mass is 223 g/mol. The van der Waals surface area contributed by atoms with Crippen LogP contribution in [-0.2, 0) is 4.79 Å². The van der Waals surface area contributed by atoms with Gasteiger partial charge in [-0.1, -0.05) is 0 Å². The Labute approximate surface area is 92.7 Å². The molecular formula is C10H13N3O3. The molecule has 86 valence electrons. The van der Waals surface area contributed by atoms with Crippen molar-refractivity contribution >= 4 is 17.7 Å². The first-order chi connectivity index (χ1) is 7.59. The number of carboxylic acid groups (broad SMARTS) is 1. The van der Waals surface area contributed by atoms with Crippen LogP contribution in [0.4, 0.5) is 10.5 Å². The van der Waals surface area contributed by atoms with Gasteiger partial charge in [-0.3, -0.25) is 9.78 Å². The van der Waals surface area contributed by atoms with Crippen LogP contribution in [0.3, 0.4) is 0 Å². The fraction of sp³-hybridized carbons (Fsp3) is 0.300. The van der Waals surface area contributed by atoms with E-state index in [1.54, 1.807) is 12.3 Å². The molecule has 2 amide bonds. The van der Waals surface area contributed by atoms with Crippen LogP contribution in [0.2, 0.25) is 0 Å². The normalized spacial score (nSPS) is 9.56. The molecule has 0 saturated heterocycles. The van der Waals surface area contributed by atoms with Crippen molar-refractivity contribution < 1.29 is 14.7 Å². The summed E-state index contributed by atoms with van der Waals surface area (Å²) in [6, 6.07) is 1.34. The average Bonchev–Trinajstić information content (AvgIpc) is 2.21. The highest BCUT2D eigenvalue weighted by Gasteiger charge is 2.04. The Morgan fingerprint density at radius 3 is 2.88 bits per heavy atom. The van der Waals surface area contributed by atoms with Crippen molar-refractivity contribution in [1.82, 2.24) is 10.3 Å². The number of aromatic nitrogens is 1. The molecule has 0 aliphatic carbocycles. The summed E-state index contributed by atoms with van der Waals surface area (Å²) in [5.41, 5.74) is 1.50. The maximum Gasteiger partial charge on any atom is 0.319 e. The highest BCUT2D eigenvalue weighted by molar-refractivity contribution is 5.89. The van der Waals surface area contributed by atoms with Crippen molar-refractivity contribution in [2.75, 3.05) is 11.9 Å². The first-order valence-electron chi connectivity index (χ1n) is 4.77. The van der Waals surface area contributed by atoms with Gasteiger partial charge in [0.2, 0.25) is 0 Å². The summed E-state index contributed by atoms with van der Waals surface area (Å²) in [5, 5.41) is 13.4. The Morgan fingerprint density at radius 1 is 1.50 bits per heavy atom. The van der Waals surface area contributed by atoms with Gasteiger partial charge in [0.1, 0.15) is 0 Å². The van der Waals surface area contributed by atoms with E-state index in [1.165, 1.54) is 6.20 Å². The molecule has 6 nitrogen and oxygen atoms in total. The summed E-state index contributed by atoms with van der Waals surface area (Å²) in [4.78, 5) is 25.4. The molecular weight excluding hydrogens is 210 g/mol. The maximum atomic E-state index is 11.3. The van der Waals surface area contributed by atoms with Crippen LogP contribution in [-0.4, -0.2) is 28.6 Å². The fourth-order valence-corrected chi connectivity index (χ4v) is 1.04. The van der Waals surface area contributed by atoms with Gasteiger partial charge in [-0.15, -0.1) is 0 Å². The molecule has 0 aromatic carbocycles. The van der Waals surface area contributed by atoms with Crippen molar-refractivity contribution in [2.45, 2.75) is 13.3 Å². The molecule has 6 heteroatoms. The summed E-state index contributed by atoms with van der Waals surface area (Å²) < 4.78 is 0. The van der Waals surface area contributed by atoms with E-state index in [0.29, 0.717) is 5.69 Å². The number of hydrogen-bond donors (Lipinski definition) is 3. The van der Waals surface area contributed by atoms with Gasteiger partial charge in [-0.25, -0.2) is 4.79 Å². The summed E-state index contributed by atoms with van der Waals surface area (Å²) >= 11 is 0. The number of urea groups is 1. The molecule has 0 spiro atoms. The third-order valence-electron chi connectivity index (χ3n) is 1.91. The predicted octanol–water partition coefficient (Wildman–Crippen LogP) is 0.986. The van der Waals surface area contributed by atoms with Crippen molar-refractivity contribution in [1.29, 1.82) is 0 Å². The highest BCUT2D eigenvalue weighted by atomic mass is 16.4. The lowest BCUT2D eigenvalue weighted by atomic mass is 10.2. The van der Waals surface area contributed by atoms with Crippen molar-refractivity contribution in [3.63, 3.8) is 0 Å². The number of nitrogens with one attached hydrogen (secondary N) is 2. The molecule has 0 saturated carbocycles. The number of amides is 2. The van der Waals surface area contributed by atoms with Gasteiger partial charge in [0.05, 0.1) is 18.3 Å². The van der Waals surface area contributed by atoms with E-state index >= 15 is 0 Å². The van der Waals surface area contributed by atoms with E-state index in [0.717, 1.165) is 5.56 Å². The molecule has 16 heavy (non-hydrogen) atoms. The Bertz CT molecular complexity index is 393. The zero-order valence-electron chi connectivity index (χ0n) is 8.86. The predicted molar refractivity (Wildman–Crippen MR) is 58.2 cm³/mol. The number of carboxylic acids is 1. The topological polar surface area (TPSA) is 91.3 Å². The van der Waals surface area contributed by atoms with Crippen molar-refractivity contribution in [3.8, 4) is 0 Å². The molecule has 3 N–H and O–H groups in total. The van der Waals surface area contributed by atoms with E-state index in [4.69, 9.17) is 5.11 Å². The molecule has 0 atom stereocenters. The van der Waals surface area contributed by atoms with Gasteiger partial charge in [0, 0.05) is 12.7 Å². The van der Waals surface area contributed by atoms with E-state index in [1.807, 2.05) is 6.92 Å². The standard InChI is InChI=1S/C10H13N3O3/c1-7-2-4-11-6-8(7)13-10(16)12-5-3-9(14)15/h2,4,6H,3,5H2,1H3,(H,14,15)(H2,12,13,16). The number of carbonyl (C=O) groups is 2. The Hall–Kier alpha value is -2.11. The van der Waals surface area contributed by atoms with Gasteiger partial charge in [-0.2, -0.15) is 0 Å². The van der Waals surface area contributed by atoms with Crippen LogP contribution in [0.25, 0.3) is 0 Å². The summed E-state index contributed by atoms with van der Waals surface area (Å²) in [6.45, 7) is 1.94. The summed E-state index contributed by atoms with van der Waals surface area (Å²) in [5.74, 6) is -0.946. The number of hydrogen-bond acceptors (Lipinski definition) is 3. The molecule has 0 radical (unpaired) electrons. The second kappa shape index (κ2) is 5.69. The second-order valence-electron chi connectivity index (χ2n) is 3.22. The fourth-order valence-electron chi connectivity index (χ4n) is 1.04. The van der Waals surface area contributed by atoms with Crippen LogP contribution >= 0.6 is 0 Å². The largest absolute Gasteiger partial charge is 0.481 e. The lowest BCUT2D eigenvalue weighted by Crippen LogP contribution is -2.30. The Morgan fingerprint density at radius 2 is 2.25 bits per heavy atom. The molecule has 1 heterocycles. The number of aryl methyl sites for hydroxylation is 1. The molecule has 1 rings (SSSR count). The molecule has 1 aromatic heterocycles. The lowest BCUT2D eigenvalue weighted by Gasteiger charge is -2.08. The molecule has 0 bridgehead atoms. The smallest absolute Gasteiger partial charge is 0.319 e. The summed E-state index contributed by atoms with van der Waals surface area (Å²) in [6.07, 6.45) is 3.06. The van der Waals surface area contributed by atoms with E-state index in [2.05, 4.69) is 15.6 Å². The Balaban J connectivity index is 2.40. The molecule has 1 aromatic rings. The van der Waals surface area contributed by atoms with Crippen LogP contribution in [0, 0.1) is 6.92 Å². The number of nitrogens with zero attached hydrogens (tertiary/aromatic N) is 1. The van der Waals surface area contributed by atoms with Gasteiger partial charge in [0.15, 0.2) is 0 Å². The maximum absolute atomic E-state index is 11.3. The number of aliphatic carboxylic acids is 1. The van der Waals surface area contributed by atoms with Gasteiger partial charge < -0.3 is 15.7 Å². The molecule has 0 aliphatic heterocycles. The third kappa shape index (κ3) is 3.95. The van der Waals surface area contributed by atoms with Crippen LogP contribution in [0.5, 0.6) is 0 Å². The molecule has 0 aliphatic rings. The lowest BCUT2D eigenvalue weighted by molar-refractivity contribution is -0.136. The van der Waals surface area contributed by atoms with Gasteiger partial charge >= 0.3 is 12.0 Å². The average molecular weight is 223 g/mol. The Kier molecular flexibility index (Phi) is 4.26. The first kappa shape index (κ1) is 12.0. The zero-order valence-corrected chi connectivity index (χ0v) is 8.86. The summed E-state index contributed by atoms with van der Waals surface area (Å²) in [7, 11) is 0. The van der Waals surface area contributed by atoms with Crippen LogP contribution < -0.4 is 10.6 Å². The van der Waals surface area contributed by atoms with Crippen molar-refractivity contribution in [2.24, 2.45) is 0 Å². The highest BCUT2D eigenvalue weighted by Crippen LogP contribution is 2.10. The van der Waals surface area contributed by atoms with Crippen LogP contribution in [0.1, 0.15) is 12.0 Å². The molecule has 0 unspecified atom stereocenters. The first-order valence-corrected chi connectivity index (χ1v) is 4.77. The van der Waals surface area contributed by atoms with E-state index < -0.39 is 12.0 Å². The van der Waals surface area contributed by atoms with Gasteiger partial charge in [-0.05, 0) is 18.6 Å². The number of pyridine rings is 1. The van der Waals surface area contributed by atoms with Crippen molar-refractivity contribution in [3.05, 3.63) is 24.0 Å². The minimum atomic E-state index is -0.946.